The van der Waals surface area contributed by atoms with E-state index in [-0.39, 0.29) is 5.41 Å². The number of benzene rings is 1. The van der Waals surface area contributed by atoms with E-state index >= 15 is 0 Å². The second-order valence-corrected chi connectivity index (χ2v) is 5.74. The zero-order valence-corrected chi connectivity index (χ0v) is 11.7. The van der Waals surface area contributed by atoms with Gasteiger partial charge in [-0.15, -0.1) is 0 Å². The normalized spacial score (nSPS) is 17.8. The van der Waals surface area contributed by atoms with E-state index < -0.39 is 0 Å². The van der Waals surface area contributed by atoms with Crippen LogP contribution >= 0.6 is 0 Å². The molecule has 0 radical (unpaired) electrons. The molecule has 0 amide bonds. The highest BCUT2D eigenvalue weighted by Gasteiger charge is 2.36. The van der Waals surface area contributed by atoms with Gasteiger partial charge in [-0.2, -0.15) is 0 Å². The molecule has 0 atom stereocenters. The molecule has 2 heteroatoms. The molecule has 0 aromatic heterocycles. The number of hydrogen-bond donors (Lipinski definition) is 0. The van der Waals surface area contributed by atoms with Gasteiger partial charge in [0.1, 0.15) is 0 Å². The third kappa shape index (κ3) is 3.12. The van der Waals surface area contributed by atoms with E-state index in [0.717, 1.165) is 26.2 Å². The van der Waals surface area contributed by atoms with Gasteiger partial charge in [0.15, 0.2) is 0 Å². The van der Waals surface area contributed by atoms with Crippen molar-refractivity contribution in [2.75, 3.05) is 19.8 Å². The van der Waals surface area contributed by atoms with Gasteiger partial charge in [0.05, 0.1) is 26.4 Å². The Kier molecular flexibility index (Phi) is 4.41. The van der Waals surface area contributed by atoms with Crippen LogP contribution in [0.1, 0.15) is 44.2 Å². The van der Waals surface area contributed by atoms with Gasteiger partial charge in [0.25, 0.3) is 0 Å². The first-order valence-corrected chi connectivity index (χ1v) is 6.89. The summed E-state index contributed by atoms with van der Waals surface area (Å²) in [5, 5.41) is 0. The number of rotatable bonds is 6. The third-order valence-electron chi connectivity index (χ3n) is 3.89. The predicted octanol–water partition coefficient (Wildman–Crippen LogP) is 3.75. The molecule has 0 bridgehead atoms. The fourth-order valence-corrected chi connectivity index (χ4v) is 2.16. The minimum atomic E-state index is 0.290. The highest BCUT2D eigenvalue weighted by atomic mass is 16.5. The fraction of sp³-hybridized carbons (Fsp3) is 0.625. The topological polar surface area (TPSA) is 18.5 Å². The van der Waals surface area contributed by atoms with Crippen LogP contribution in [0.15, 0.2) is 24.3 Å². The Labute approximate surface area is 110 Å². The number of ether oxygens (including phenoxy) is 2. The fourth-order valence-electron chi connectivity index (χ4n) is 2.16. The first-order valence-electron chi connectivity index (χ1n) is 6.89. The lowest BCUT2D eigenvalue weighted by atomic mass is 9.84. The minimum Gasteiger partial charge on any atom is -0.380 e. The van der Waals surface area contributed by atoms with Gasteiger partial charge in [0.2, 0.25) is 0 Å². The van der Waals surface area contributed by atoms with Crippen molar-refractivity contribution in [2.45, 2.75) is 39.7 Å². The van der Waals surface area contributed by atoms with E-state index in [1.54, 1.807) is 0 Å². The Morgan fingerprint density at radius 2 is 1.89 bits per heavy atom. The third-order valence-corrected chi connectivity index (χ3v) is 3.89. The van der Waals surface area contributed by atoms with Crippen LogP contribution in [-0.2, 0) is 16.1 Å². The monoisotopic (exact) mass is 248 g/mol. The van der Waals surface area contributed by atoms with Crippen LogP contribution in [0.25, 0.3) is 0 Å². The minimum absolute atomic E-state index is 0.290. The molecule has 2 rings (SSSR count). The Morgan fingerprint density at radius 1 is 1.22 bits per heavy atom. The van der Waals surface area contributed by atoms with Crippen LogP contribution in [0.3, 0.4) is 0 Å². The van der Waals surface area contributed by atoms with E-state index in [9.17, 15) is 0 Å². The lowest BCUT2D eigenvalue weighted by molar-refractivity contribution is -0.152. The highest BCUT2D eigenvalue weighted by Crippen LogP contribution is 2.31. The average molecular weight is 248 g/mol. The average Bonchev–Trinajstić information content (AvgIpc) is 2.33. The van der Waals surface area contributed by atoms with Crippen LogP contribution < -0.4 is 0 Å². The second-order valence-electron chi connectivity index (χ2n) is 5.74. The summed E-state index contributed by atoms with van der Waals surface area (Å²) in [5.74, 6) is 0.593. The molecule has 0 N–H and O–H groups in total. The second kappa shape index (κ2) is 5.85. The quantitative estimate of drug-likeness (QED) is 0.763. The summed E-state index contributed by atoms with van der Waals surface area (Å²) in [6.45, 7) is 9.88. The zero-order chi connectivity index (χ0) is 13.0. The lowest BCUT2D eigenvalue weighted by Gasteiger charge is -2.40. The molecule has 0 spiro atoms. The predicted molar refractivity (Wildman–Crippen MR) is 73.7 cm³/mol. The first-order chi connectivity index (χ1) is 8.65. The summed E-state index contributed by atoms with van der Waals surface area (Å²) in [6, 6.07) is 8.74. The van der Waals surface area contributed by atoms with Gasteiger partial charge in [0, 0.05) is 5.41 Å². The molecule has 0 unspecified atom stereocenters. The van der Waals surface area contributed by atoms with Crippen molar-refractivity contribution in [3.63, 3.8) is 0 Å². The number of hydrogen-bond acceptors (Lipinski definition) is 2. The summed E-state index contributed by atoms with van der Waals surface area (Å²) in [5.41, 5.74) is 2.93. The van der Waals surface area contributed by atoms with Gasteiger partial charge in [-0.3, -0.25) is 0 Å². The van der Waals surface area contributed by atoms with Crippen LogP contribution in [-0.4, -0.2) is 19.8 Å². The molecule has 1 aliphatic heterocycles. The standard InChI is InChI=1S/C16H24O2/c1-4-16(11-18-12-16)10-17-9-14-5-7-15(8-6-14)13(2)3/h5-8,13H,4,9-12H2,1-3H3. The molecule has 18 heavy (non-hydrogen) atoms. The summed E-state index contributed by atoms with van der Waals surface area (Å²) in [6.07, 6.45) is 1.14. The van der Waals surface area contributed by atoms with Crippen molar-refractivity contribution in [1.29, 1.82) is 0 Å². The molecule has 100 valence electrons. The first kappa shape index (κ1) is 13.6. The summed E-state index contributed by atoms with van der Waals surface area (Å²) in [4.78, 5) is 0. The maximum atomic E-state index is 5.84. The molecule has 1 fully saturated rings. The van der Waals surface area contributed by atoms with Crippen molar-refractivity contribution in [3.05, 3.63) is 35.4 Å². The van der Waals surface area contributed by atoms with Crippen LogP contribution in [0.4, 0.5) is 0 Å². The van der Waals surface area contributed by atoms with Gasteiger partial charge in [-0.1, -0.05) is 45.0 Å². The van der Waals surface area contributed by atoms with E-state index in [1.165, 1.54) is 11.1 Å². The summed E-state index contributed by atoms with van der Waals surface area (Å²) < 4.78 is 11.1. The Hall–Kier alpha value is -0.860. The molecule has 1 aromatic rings. The molecule has 1 aliphatic rings. The molecule has 1 saturated heterocycles. The molecule has 0 saturated carbocycles. The van der Waals surface area contributed by atoms with E-state index in [4.69, 9.17) is 9.47 Å². The van der Waals surface area contributed by atoms with Gasteiger partial charge >= 0.3 is 0 Å². The lowest BCUT2D eigenvalue weighted by Crippen LogP contribution is -2.45. The van der Waals surface area contributed by atoms with E-state index in [1.807, 2.05) is 0 Å². The molecule has 0 aliphatic carbocycles. The zero-order valence-electron chi connectivity index (χ0n) is 11.7. The highest BCUT2D eigenvalue weighted by molar-refractivity contribution is 5.24. The summed E-state index contributed by atoms with van der Waals surface area (Å²) >= 11 is 0. The van der Waals surface area contributed by atoms with Crippen molar-refractivity contribution in [1.82, 2.24) is 0 Å². The van der Waals surface area contributed by atoms with Gasteiger partial charge < -0.3 is 9.47 Å². The van der Waals surface area contributed by atoms with E-state index in [0.29, 0.717) is 12.5 Å². The van der Waals surface area contributed by atoms with Crippen molar-refractivity contribution in [2.24, 2.45) is 5.41 Å². The summed E-state index contributed by atoms with van der Waals surface area (Å²) in [7, 11) is 0. The van der Waals surface area contributed by atoms with Crippen molar-refractivity contribution in [3.8, 4) is 0 Å². The van der Waals surface area contributed by atoms with Gasteiger partial charge in [-0.05, 0) is 23.5 Å². The van der Waals surface area contributed by atoms with Crippen LogP contribution in [0.5, 0.6) is 0 Å². The molecule has 1 aromatic carbocycles. The largest absolute Gasteiger partial charge is 0.380 e. The Bertz CT molecular complexity index is 358. The maximum Gasteiger partial charge on any atom is 0.0717 e. The van der Waals surface area contributed by atoms with Crippen molar-refractivity contribution >= 4 is 0 Å². The smallest absolute Gasteiger partial charge is 0.0717 e. The molecular weight excluding hydrogens is 224 g/mol. The van der Waals surface area contributed by atoms with Gasteiger partial charge in [-0.25, -0.2) is 0 Å². The van der Waals surface area contributed by atoms with E-state index in [2.05, 4.69) is 45.0 Å². The Balaban J connectivity index is 1.79. The molecule has 1 heterocycles. The Morgan fingerprint density at radius 3 is 2.33 bits per heavy atom. The van der Waals surface area contributed by atoms with Crippen molar-refractivity contribution < 1.29 is 9.47 Å². The maximum absolute atomic E-state index is 5.84. The van der Waals surface area contributed by atoms with Crippen LogP contribution in [0, 0.1) is 5.41 Å². The van der Waals surface area contributed by atoms with Crippen LogP contribution in [0.2, 0.25) is 0 Å². The molecule has 2 nitrogen and oxygen atoms in total. The SMILES string of the molecule is CCC1(COCc2ccc(C(C)C)cc2)COC1. The molecular formula is C16H24O2.